The first kappa shape index (κ1) is 13.8. The molecule has 2 aliphatic heterocycles. The molecular formula is C13H14ClFN2O3. The molecule has 1 spiro atoms. The monoisotopic (exact) mass is 300 g/mol. The molecule has 3 N–H and O–H groups in total. The predicted octanol–water partition coefficient (Wildman–Crippen LogP) is 0.545. The van der Waals surface area contributed by atoms with Crippen LogP contribution in [-0.4, -0.2) is 35.5 Å². The number of aliphatic hydroxyl groups excluding tert-OH is 1. The summed E-state index contributed by atoms with van der Waals surface area (Å²) in [5.41, 5.74) is -0.273. The molecular weight excluding hydrogens is 287 g/mol. The highest BCUT2D eigenvalue weighted by Gasteiger charge is 2.60. The highest BCUT2D eigenvalue weighted by molar-refractivity contribution is 6.30. The Morgan fingerprint density at radius 2 is 2.40 bits per heavy atom. The van der Waals surface area contributed by atoms with Crippen LogP contribution in [0, 0.1) is 5.82 Å². The summed E-state index contributed by atoms with van der Waals surface area (Å²) in [5, 5.41) is 15.0. The van der Waals surface area contributed by atoms with Crippen molar-refractivity contribution in [3.8, 4) is 0 Å². The molecule has 7 heteroatoms. The summed E-state index contributed by atoms with van der Waals surface area (Å²) in [5.74, 6) is -0.768. The van der Waals surface area contributed by atoms with Crippen molar-refractivity contribution in [2.24, 2.45) is 0 Å². The molecule has 1 aromatic carbocycles. The molecule has 3 unspecified atom stereocenters. The highest BCUT2D eigenvalue weighted by Crippen LogP contribution is 2.41. The van der Waals surface area contributed by atoms with Crippen molar-refractivity contribution < 1.29 is 19.0 Å². The van der Waals surface area contributed by atoms with E-state index in [0.29, 0.717) is 18.5 Å². The molecule has 2 aliphatic rings. The second-order valence-corrected chi connectivity index (χ2v) is 5.51. The van der Waals surface area contributed by atoms with Gasteiger partial charge in [0.25, 0.3) is 0 Å². The number of benzene rings is 1. The summed E-state index contributed by atoms with van der Waals surface area (Å²) < 4.78 is 18.7. The lowest BCUT2D eigenvalue weighted by atomic mass is 10.1. The maximum atomic E-state index is 13.7. The average molecular weight is 301 g/mol. The van der Waals surface area contributed by atoms with E-state index in [1.54, 1.807) is 12.1 Å². The van der Waals surface area contributed by atoms with Gasteiger partial charge in [-0.15, -0.1) is 0 Å². The van der Waals surface area contributed by atoms with Gasteiger partial charge in [0.05, 0.1) is 11.1 Å². The number of aliphatic hydroxyl groups is 1. The smallest absolute Gasteiger partial charge is 0.237 e. The molecule has 0 saturated carbocycles. The molecule has 0 radical (unpaired) electrons. The minimum atomic E-state index is -0.793. The maximum Gasteiger partial charge on any atom is 0.237 e. The molecule has 1 amide bonds. The van der Waals surface area contributed by atoms with Crippen molar-refractivity contribution in [1.82, 2.24) is 10.6 Å². The van der Waals surface area contributed by atoms with E-state index < -0.39 is 23.8 Å². The zero-order valence-electron chi connectivity index (χ0n) is 10.5. The Morgan fingerprint density at radius 3 is 3.05 bits per heavy atom. The minimum Gasteiger partial charge on any atom is -0.366 e. The van der Waals surface area contributed by atoms with Gasteiger partial charge >= 0.3 is 0 Å². The predicted molar refractivity (Wildman–Crippen MR) is 69.5 cm³/mol. The number of carbonyl (C=O) groups is 1. The van der Waals surface area contributed by atoms with Gasteiger partial charge in [-0.2, -0.15) is 0 Å². The van der Waals surface area contributed by atoms with Crippen LogP contribution in [-0.2, 0) is 16.1 Å². The fourth-order valence-electron chi connectivity index (χ4n) is 2.43. The number of halogens is 2. The van der Waals surface area contributed by atoms with E-state index in [2.05, 4.69) is 10.6 Å². The van der Waals surface area contributed by atoms with Crippen LogP contribution in [0.15, 0.2) is 18.2 Å². The van der Waals surface area contributed by atoms with E-state index in [0.717, 1.165) is 0 Å². The summed E-state index contributed by atoms with van der Waals surface area (Å²) in [7, 11) is 0. The molecule has 20 heavy (non-hydrogen) atoms. The van der Waals surface area contributed by atoms with Crippen molar-refractivity contribution >= 4 is 17.5 Å². The van der Waals surface area contributed by atoms with Gasteiger partial charge in [0.2, 0.25) is 5.91 Å². The third kappa shape index (κ3) is 2.40. The van der Waals surface area contributed by atoms with Crippen LogP contribution in [0.1, 0.15) is 12.0 Å². The lowest BCUT2D eigenvalue weighted by Gasteiger charge is -2.11. The van der Waals surface area contributed by atoms with E-state index in [9.17, 15) is 14.3 Å². The van der Waals surface area contributed by atoms with Crippen molar-refractivity contribution in [3.63, 3.8) is 0 Å². The summed E-state index contributed by atoms with van der Waals surface area (Å²) in [4.78, 5) is 12.0. The SMILES string of the molecule is O=C(NCc1cccc(Cl)c1F)C1CC2(CN1)OC2O. The van der Waals surface area contributed by atoms with Crippen molar-refractivity contribution in [1.29, 1.82) is 0 Å². The second-order valence-electron chi connectivity index (χ2n) is 5.10. The van der Waals surface area contributed by atoms with Crippen LogP contribution in [0.4, 0.5) is 4.39 Å². The number of nitrogens with one attached hydrogen (secondary N) is 2. The van der Waals surface area contributed by atoms with E-state index in [1.807, 2.05) is 0 Å². The number of epoxide rings is 1. The standard InChI is InChI=1S/C13H14ClFN2O3/c14-8-3-1-2-7(10(8)15)5-16-11(18)9-4-13(6-17-9)12(19)20-13/h1-3,9,12,17,19H,4-6H2,(H,16,18). The van der Waals surface area contributed by atoms with Crippen LogP contribution < -0.4 is 10.6 Å². The summed E-state index contributed by atoms with van der Waals surface area (Å²) >= 11 is 5.67. The van der Waals surface area contributed by atoms with Gasteiger partial charge in [-0.05, 0) is 6.07 Å². The summed E-state index contributed by atoms with van der Waals surface area (Å²) in [6.07, 6.45) is -0.379. The first-order valence-corrected chi connectivity index (χ1v) is 6.69. The van der Waals surface area contributed by atoms with E-state index in [-0.39, 0.29) is 17.5 Å². The fourth-order valence-corrected chi connectivity index (χ4v) is 2.62. The Morgan fingerprint density at radius 1 is 1.65 bits per heavy atom. The van der Waals surface area contributed by atoms with Crippen molar-refractivity contribution in [3.05, 3.63) is 34.6 Å². The molecule has 0 bridgehead atoms. The van der Waals surface area contributed by atoms with Gasteiger partial charge in [0, 0.05) is 25.1 Å². The molecule has 2 heterocycles. The third-order valence-corrected chi connectivity index (χ3v) is 4.03. The number of ether oxygens (including phenoxy) is 1. The lowest BCUT2D eigenvalue weighted by Crippen LogP contribution is -2.40. The van der Waals surface area contributed by atoms with Gasteiger partial charge in [-0.25, -0.2) is 4.39 Å². The Labute approximate surface area is 120 Å². The molecule has 3 rings (SSSR count). The van der Waals surface area contributed by atoms with E-state index in [1.165, 1.54) is 6.07 Å². The lowest BCUT2D eigenvalue weighted by molar-refractivity contribution is -0.123. The minimum absolute atomic E-state index is 0.0317. The zero-order valence-corrected chi connectivity index (χ0v) is 11.3. The van der Waals surface area contributed by atoms with Crippen LogP contribution in [0.2, 0.25) is 5.02 Å². The van der Waals surface area contributed by atoms with Gasteiger partial charge < -0.3 is 20.5 Å². The Hall–Kier alpha value is -1.21. The van der Waals surface area contributed by atoms with E-state index >= 15 is 0 Å². The van der Waals surface area contributed by atoms with Crippen LogP contribution >= 0.6 is 11.6 Å². The number of amides is 1. The topological polar surface area (TPSA) is 73.9 Å². The molecule has 5 nitrogen and oxygen atoms in total. The summed E-state index contributed by atoms with van der Waals surface area (Å²) in [6, 6.07) is 4.22. The number of hydrogen-bond acceptors (Lipinski definition) is 4. The molecule has 2 saturated heterocycles. The quantitative estimate of drug-likeness (QED) is 0.713. The van der Waals surface area contributed by atoms with Gasteiger partial charge in [-0.1, -0.05) is 23.7 Å². The molecule has 0 aliphatic carbocycles. The van der Waals surface area contributed by atoms with Gasteiger partial charge in [0.15, 0.2) is 6.29 Å². The third-order valence-electron chi connectivity index (χ3n) is 3.74. The number of carbonyl (C=O) groups excluding carboxylic acids is 1. The first-order chi connectivity index (χ1) is 9.52. The Bertz CT molecular complexity index is 556. The molecule has 2 fully saturated rings. The maximum absolute atomic E-state index is 13.7. The Balaban J connectivity index is 1.56. The van der Waals surface area contributed by atoms with Crippen molar-refractivity contribution in [2.45, 2.75) is 30.9 Å². The van der Waals surface area contributed by atoms with E-state index in [4.69, 9.17) is 16.3 Å². The van der Waals surface area contributed by atoms with Crippen LogP contribution in [0.25, 0.3) is 0 Å². The van der Waals surface area contributed by atoms with Crippen LogP contribution in [0.5, 0.6) is 0 Å². The second kappa shape index (κ2) is 4.96. The fraction of sp³-hybridized carbons (Fsp3) is 0.462. The van der Waals surface area contributed by atoms with Crippen LogP contribution in [0.3, 0.4) is 0 Å². The summed E-state index contributed by atoms with van der Waals surface area (Å²) in [6.45, 7) is 0.512. The molecule has 3 atom stereocenters. The number of rotatable bonds is 3. The largest absolute Gasteiger partial charge is 0.366 e. The van der Waals surface area contributed by atoms with Crippen molar-refractivity contribution in [2.75, 3.05) is 6.54 Å². The van der Waals surface area contributed by atoms with Gasteiger partial charge in [-0.3, -0.25) is 4.79 Å². The Kier molecular flexibility index (Phi) is 3.41. The molecule has 108 valence electrons. The van der Waals surface area contributed by atoms with Gasteiger partial charge in [0.1, 0.15) is 11.4 Å². The zero-order chi connectivity index (χ0) is 14.3. The normalized spacial score (nSPS) is 31.6. The number of hydrogen-bond donors (Lipinski definition) is 3. The molecule has 1 aromatic rings. The average Bonchev–Trinajstić information content (AvgIpc) is 2.86. The first-order valence-electron chi connectivity index (χ1n) is 6.32. The molecule has 0 aromatic heterocycles. The highest BCUT2D eigenvalue weighted by atomic mass is 35.5.